The van der Waals surface area contributed by atoms with Gasteiger partial charge in [0.2, 0.25) is 0 Å². The van der Waals surface area contributed by atoms with Gasteiger partial charge >= 0.3 is 5.97 Å². The Morgan fingerprint density at radius 1 is 1.29 bits per heavy atom. The highest BCUT2D eigenvalue weighted by Crippen LogP contribution is 2.50. The fourth-order valence-electron chi connectivity index (χ4n) is 3.57. The van der Waals surface area contributed by atoms with Gasteiger partial charge in [-0.05, 0) is 24.8 Å². The molecule has 1 aliphatic carbocycles. The largest absolute Gasteiger partial charge is 0.478 e. The van der Waals surface area contributed by atoms with Crippen LogP contribution in [0.3, 0.4) is 0 Å². The first kappa shape index (κ1) is 21.1. The number of fused-ring (bicyclic) bond motifs is 1. The van der Waals surface area contributed by atoms with Crippen LogP contribution in [-0.4, -0.2) is 27.6 Å². The predicted molar refractivity (Wildman–Crippen MR) is 115 cm³/mol. The Balaban J connectivity index is 2.12. The van der Waals surface area contributed by atoms with Gasteiger partial charge in [-0.1, -0.05) is 53.1 Å². The predicted octanol–water partition coefficient (Wildman–Crippen LogP) is 6.03. The lowest BCUT2D eigenvalue weighted by Crippen LogP contribution is -2.32. The summed E-state index contributed by atoms with van der Waals surface area (Å²) in [6, 6.07) is 1.46. The van der Waals surface area contributed by atoms with E-state index in [0.717, 1.165) is 23.7 Å². The number of aromatic nitrogens is 2. The average molecular weight is 422 g/mol. The monoisotopic (exact) mass is 421 g/mol. The van der Waals surface area contributed by atoms with Crippen molar-refractivity contribution in [1.29, 1.82) is 0 Å². The third-order valence-electron chi connectivity index (χ3n) is 5.35. The van der Waals surface area contributed by atoms with Crippen LogP contribution in [-0.2, 0) is 10.8 Å². The molecule has 2 aromatic heterocycles. The second-order valence-corrected chi connectivity index (χ2v) is 10.7. The molecule has 0 unspecified atom stereocenters. The van der Waals surface area contributed by atoms with Crippen LogP contribution in [0.1, 0.15) is 75.3 Å². The second kappa shape index (κ2) is 7.30. The molecule has 0 bridgehead atoms. The summed E-state index contributed by atoms with van der Waals surface area (Å²) >= 11 is 8.16. The van der Waals surface area contributed by atoms with Gasteiger partial charge in [0.25, 0.3) is 0 Å². The Hall–Kier alpha value is -1.66. The Kier molecular flexibility index (Phi) is 5.49. The molecule has 7 heteroatoms. The highest BCUT2D eigenvalue weighted by molar-refractivity contribution is 7.16. The molecule has 0 spiro atoms. The molecular weight excluding hydrogens is 394 g/mol. The van der Waals surface area contributed by atoms with E-state index < -0.39 is 5.97 Å². The zero-order valence-corrected chi connectivity index (χ0v) is 18.9. The van der Waals surface area contributed by atoms with Crippen molar-refractivity contribution >= 4 is 39.9 Å². The topological polar surface area (TPSA) is 66.3 Å². The summed E-state index contributed by atoms with van der Waals surface area (Å²) in [6.07, 6.45) is 3.59. The molecule has 0 saturated carbocycles. The zero-order chi connectivity index (χ0) is 20.9. The summed E-state index contributed by atoms with van der Waals surface area (Å²) in [5, 5.41) is 10.4. The normalized spacial score (nSPS) is 17.4. The molecule has 0 aromatic carbocycles. The van der Waals surface area contributed by atoms with Crippen LogP contribution in [0.2, 0.25) is 5.02 Å². The van der Waals surface area contributed by atoms with Gasteiger partial charge in [-0.25, -0.2) is 14.8 Å². The number of anilines is 2. The van der Waals surface area contributed by atoms with Gasteiger partial charge in [-0.3, -0.25) is 0 Å². The maximum atomic E-state index is 11.2. The van der Waals surface area contributed by atoms with Crippen LogP contribution in [0.25, 0.3) is 0 Å². The SMILES string of the molecule is CC(C)CN(c1nc2c(s1)C(C)(C)CCC2(C)C)c1ncc(C(=O)O)cc1Cl. The maximum absolute atomic E-state index is 11.2. The molecule has 152 valence electrons. The summed E-state index contributed by atoms with van der Waals surface area (Å²) in [7, 11) is 0. The Morgan fingerprint density at radius 2 is 1.93 bits per heavy atom. The zero-order valence-electron chi connectivity index (χ0n) is 17.3. The number of halogens is 1. The van der Waals surface area contributed by atoms with Crippen LogP contribution >= 0.6 is 22.9 Å². The highest BCUT2D eigenvalue weighted by atomic mass is 35.5. The summed E-state index contributed by atoms with van der Waals surface area (Å²) < 4.78 is 0. The molecule has 0 amide bonds. The number of pyridine rings is 1. The van der Waals surface area contributed by atoms with Crippen LogP contribution in [0.15, 0.2) is 12.3 Å². The highest BCUT2D eigenvalue weighted by Gasteiger charge is 2.41. The minimum atomic E-state index is -1.04. The van der Waals surface area contributed by atoms with E-state index >= 15 is 0 Å². The Morgan fingerprint density at radius 3 is 2.46 bits per heavy atom. The molecular formula is C21H28ClN3O2S. The molecule has 5 nitrogen and oxygen atoms in total. The van der Waals surface area contributed by atoms with E-state index in [1.165, 1.54) is 17.1 Å². The van der Waals surface area contributed by atoms with E-state index in [1.54, 1.807) is 11.3 Å². The number of hydrogen-bond acceptors (Lipinski definition) is 5. The molecule has 0 radical (unpaired) electrons. The van der Waals surface area contributed by atoms with Crippen molar-refractivity contribution in [3.63, 3.8) is 0 Å². The molecule has 2 aromatic rings. The summed E-state index contributed by atoms with van der Waals surface area (Å²) in [5.41, 5.74) is 1.37. The maximum Gasteiger partial charge on any atom is 0.337 e. The number of aromatic carboxylic acids is 1. The number of rotatable bonds is 5. The van der Waals surface area contributed by atoms with Gasteiger partial charge in [-0.15, -0.1) is 11.3 Å². The van der Waals surface area contributed by atoms with Gasteiger partial charge in [0, 0.05) is 28.4 Å². The minimum Gasteiger partial charge on any atom is -0.478 e. The van der Waals surface area contributed by atoms with Crippen molar-refractivity contribution in [2.24, 2.45) is 5.92 Å². The molecule has 0 fully saturated rings. The first-order chi connectivity index (χ1) is 12.9. The molecule has 0 saturated heterocycles. The standard InChI is InChI=1S/C21H28ClN3O2S/c1-12(2)11-25(17-14(22)9-13(10-23-17)18(26)27)19-24-15-16(28-19)21(5,6)8-7-20(15,3)4/h9-10,12H,7-8,11H2,1-6H3,(H,26,27). The lowest BCUT2D eigenvalue weighted by molar-refractivity contribution is 0.0696. The first-order valence-electron chi connectivity index (χ1n) is 9.60. The number of carboxylic acids is 1. The number of hydrogen-bond donors (Lipinski definition) is 1. The number of carboxylic acid groups (broad SMARTS) is 1. The molecule has 28 heavy (non-hydrogen) atoms. The molecule has 3 rings (SSSR count). The van der Waals surface area contributed by atoms with Crippen molar-refractivity contribution < 1.29 is 9.90 Å². The fraction of sp³-hybridized carbons (Fsp3) is 0.571. The van der Waals surface area contributed by atoms with Crippen LogP contribution < -0.4 is 4.90 Å². The van der Waals surface area contributed by atoms with Crippen molar-refractivity contribution in [2.75, 3.05) is 11.4 Å². The van der Waals surface area contributed by atoms with Crippen molar-refractivity contribution in [2.45, 2.75) is 65.2 Å². The van der Waals surface area contributed by atoms with E-state index in [2.05, 4.69) is 46.5 Å². The second-order valence-electron chi connectivity index (χ2n) is 9.28. The summed E-state index contributed by atoms with van der Waals surface area (Å²) in [6.45, 7) is 14.0. The van der Waals surface area contributed by atoms with Crippen LogP contribution in [0.5, 0.6) is 0 Å². The average Bonchev–Trinajstić information content (AvgIpc) is 3.05. The van der Waals surface area contributed by atoms with Gasteiger partial charge in [0.15, 0.2) is 10.9 Å². The third-order valence-corrected chi connectivity index (χ3v) is 7.07. The smallest absolute Gasteiger partial charge is 0.337 e. The lowest BCUT2D eigenvalue weighted by atomic mass is 9.69. The Labute approximate surface area is 175 Å². The van der Waals surface area contributed by atoms with E-state index in [1.807, 2.05) is 4.90 Å². The summed E-state index contributed by atoms with van der Waals surface area (Å²) in [4.78, 5) is 24.0. The minimum absolute atomic E-state index is 0.0352. The molecule has 0 aliphatic heterocycles. The Bertz CT molecular complexity index is 872. The van der Waals surface area contributed by atoms with E-state index in [0.29, 0.717) is 23.3 Å². The third kappa shape index (κ3) is 3.90. The van der Waals surface area contributed by atoms with E-state index in [4.69, 9.17) is 16.6 Å². The van der Waals surface area contributed by atoms with Crippen molar-refractivity contribution in [3.8, 4) is 0 Å². The fourth-order valence-corrected chi connectivity index (χ4v) is 5.22. The van der Waals surface area contributed by atoms with Gasteiger partial charge in [0.1, 0.15) is 0 Å². The van der Waals surface area contributed by atoms with Gasteiger partial charge in [-0.2, -0.15) is 0 Å². The van der Waals surface area contributed by atoms with Crippen molar-refractivity contribution in [3.05, 3.63) is 33.4 Å². The first-order valence-corrected chi connectivity index (χ1v) is 10.8. The number of carbonyl (C=O) groups is 1. The molecule has 0 atom stereocenters. The summed E-state index contributed by atoms with van der Waals surface area (Å²) in [5.74, 6) is -0.120. The number of nitrogens with zero attached hydrogens (tertiary/aromatic N) is 3. The van der Waals surface area contributed by atoms with Crippen LogP contribution in [0.4, 0.5) is 10.9 Å². The number of thiazole rings is 1. The molecule has 2 heterocycles. The van der Waals surface area contributed by atoms with Gasteiger partial charge < -0.3 is 10.0 Å². The van der Waals surface area contributed by atoms with Crippen molar-refractivity contribution in [1.82, 2.24) is 9.97 Å². The quantitative estimate of drug-likeness (QED) is 0.638. The van der Waals surface area contributed by atoms with Crippen LogP contribution in [0, 0.1) is 5.92 Å². The molecule has 1 aliphatic rings. The van der Waals surface area contributed by atoms with E-state index in [-0.39, 0.29) is 16.4 Å². The molecule has 1 N–H and O–H groups in total. The van der Waals surface area contributed by atoms with E-state index in [9.17, 15) is 9.90 Å². The van der Waals surface area contributed by atoms with Gasteiger partial charge in [0.05, 0.1) is 16.3 Å². The lowest BCUT2D eigenvalue weighted by Gasteiger charge is -2.37.